The van der Waals surface area contributed by atoms with Crippen LogP contribution in [0, 0.1) is 5.82 Å². The number of carbonyl (C=O) groups is 1. The summed E-state index contributed by atoms with van der Waals surface area (Å²) < 4.78 is 17.1. The number of hydrogen-bond donors (Lipinski definition) is 2. The number of carbonyl (C=O) groups excluding carboxylic acids is 1. The summed E-state index contributed by atoms with van der Waals surface area (Å²) in [5.74, 6) is -0.373. The molecule has 0 aliphatic heterocycles. The van der Waals surface area contributed by atoms with Crippen LogP contribution in [0.25, 0.3) is 11.1 Å². The van der Waals surface area contributed by atoms with E-state index < -0.39 is 0 Å². The van der Waals surface area contributed by atoms with Crippen LogP contribution < -0.4 is 10.6 Å². The average molecular weight is 369 g/mol. The summed E-state index contributed by atoms with van der Waals surface area (Å²) in [6, 6.07) is 3.92. The summed E-state index contributed by atoms with van der Waals surface area (Å²) in [5.41, 5.74) is 3.88. The molecular weight excluding hydrogens is 349 g/mol. The van der Waals surface area contributed by atoms with Gasteiger partial charge in [-0.25, -0.2) is 9.18 Å². The number of nitrogens with zero attached hydrogens (tertiary/aromatic N) is 5. The Kier molecular flexibility index (Phi) is 4.35. The van der Waals surface area contributed by atoms with Crippen molar-refractivity contribution >= 4 is 11.7 Å². The van der Waals surface area contributed by atoms with Gasteiger partial charge in [-0.05, 0) is 31.0 Å². The fraction of sp³-hybridized carbons (Fsp3) is 0.333. The van der Waals surface area contributed by atoms with E-state index in [1.54, 1.807) is 34.9 Å². The average Bonchev–Trinajstić information content (AvgIpc) is 3.22. The van der Waals surface area contributed by atoms with Crippen molar-refractivity contribution in [1.29, 1.82) is 0 Å². The normalized spacial score (nSPS) is 16.0. The van der Waals surface area contributed by atoms with Crippen LogP contribution in [0.4, 0.5) is 14.9 Å². The number of nitrogens with one attached hydrogen (secondary N) is 2. The van der Waals surface area contributed by atoms with E-state index in [1.807, 2.05) is 7.05 Å². The minimum Gasteiger partial charge on any atom is -0.335 e. The monoisotopic (exact) mass is 369 g/mol. The highest BCUT2D eigenvalue weighted by Gasteiger charge is 2.24. The molecule has 1 atom stereocenters. The van der Waals surface area contributed by atoms with Gasteiger partial charge in [0.05, 0.1) is 23.3 Å². The van der Waals surface area contributed by atoms with Crippen LogP contribution >= 0.6 is 0 Å². The van der Waals surface area contributed by atoms with Gasteiger partial charge in [-0.2, -0.15) is 5.10 Å². The van der Waals surface area contributed by atoms with E-state index in [4.69, 9.17) is 0 Å². The molecule has 0 spiro atoms. The fourth-order valence-electron chi connectivity index (χ4n) is 3.42. The molecule has 1 aromatic carbocycles. The molecule has 8 nitrogen and oxygen atoms in total. The van der Waals surface area contributed by atoms with Crippen LogP contribution in [0.3, 0.4) is 0 Å². The second-order valence-electron chi connectivity index (χ2n) is 6.74. The van der Waals surface area contributed by atoms with Crippen LogP contribution in [-0.2, 0) is 26.9 Å². The van der Waals surface area contributed by atoms with E-state index in [0.717, 1.165) is 29.8 Å². The van der Waals surface area contributed by atoms with Gasteiger partial charge < -0.3 is 10.6 Å². The van der Waals surface area contributed by atoms with Crippen molar-refractivity contribution < 1.29 is 9.18 Å². The quantitative estimate of drug-likeness (QED) is 0.739. The van der Waals surface area contributed by atoms with Crippen molar-refractivity contribution in [1.82, 2.24) is 30.1 Å². The van der Waals surface area contributed by atoms with Gasteiger partial charge in [0.15, 0.2) is 0 Å². The third-order valence-corrected chi connectivity index (χ3v) is 4.77. The minimum absolute atomic E-state index is 0.0171. The third kappa shape index (κ3) is 3.53. The Morgan fingerprint density at radius 2 is 2.19 bits per heavy atom. The van der Waals surface area contributed by atoms with Gasteiger partial charge in [-0.1, -0.05) is 5.21 Å². The molecule has 2 aromatic heterocycles. The number of aryl methyl sites for hydroxylation is 2. The Morgan fingerprint density at radius 3 is 2.96 bits per heavy atom. The Morgan fingerprint density at radius 1 is 1.33 bits per heavy atom. The van der Waals surface area contributed by atoms with E-state index in [0.29, 0.717) is 17.7 Å². The third-order valence-electron chi connectivity index (χ3n) is 4.77. The maximum Gasteiger partial charge on any atom is 0.319 e. The molecule has 9 heteroatoms. The van der Waals surface area contributed by atoms with Gasteiger partial charge in [0, 0.05) is 43.9 Å². The van der Waals surface area contributed by atoms with Crippen molar-refractivity contribution in [2.75, 3.05) is 5.32 Å². The van der Waals surface area contributed by atoms with E-state index in [9.17, 15) is 9.18 Å². The largest absolute Gasteiger partial charge is 0.335 e. The predicted octanol–water partition coefficient (Wildman–Crippen LogP) is 2.03. The van der Waals surface area contributed by atoms with Crippen molar-refractivity contribution in [3.63, 3.8) is 0 Å². The van der Waals surface area contributed by atoms with Crippen molar-refractivity contribution in [3.8, 4) is 11.1 Å². The number of urea groups is 1. The van der Waals surface area contributed by atoms with Crippen molar-refractivity contribution in [3.05, 3.63) is 47.8 Å². The number of halogens is 1. The molecule has 4 rings (SSSR count). The molecule has 1 unspecified atom stereocenters. The Hall–Kier alpha value is -3.23. The Bertz CT molecular complexity index is 994. The van der Waals surface area contributed by atoms with E-state index in [-0.39, 0.29) is 17.9 Å². The van der Waals surface area contributed by atoms with Crippen LogP contribution in [0.15, 0.2) is 30.6 Å². The highest BCUT2D eigenvalue weighted by atomic mass is 19.1. The lowest BCUT2D eigenvalue weighted by atomic mass is 9.96. The van der Waals surface area contributed by atoms with Gasteiger partial charge in [-0.3, -0.25) is 9.36 Å². The first-order valence-electron chi connectivity index (χ1n) is 8.73. The maximum absolute atomic E-state index is 13.7. The first-order valence-corrected chi connectivity index (χ1v) is 8.73. The number of anilines is 1. The summed E-state index contributed by atoms with van der Waals surface area (Å²) in [5, 5.41) is 18.1. The van der Waals surface area contributed by atoms with Crippen molar-refractivity contribution in [2.45, 2.75) is 25.3 Å². The molecule has 140 valence electrons. The number of rotatable bonds is 3. The van der Waals surface area contributed by atoms with Crippen LogP contribution in [0.2, 0.25) is 0 Å². The highest BCUT2D eigenvalue weighted by Crippen LogP contribution is 2.28. The van der Waals surface area contributed by atoms with E-state index in [1.165, 1.54) is 12.1 Å². The number of benzene rings is 1. The summed E-state index contributed by atoms with van der Waals surface area (Å²) in [7, 11) is 3.66. The summed E-state index contributed by atoms with van der Waals surface area (Å²) >= 11 is 0. The molecule has 3 aromatic rings. The van der Waals surface area contributed by atoms with Crippen LogP contribution in [0.5, 0.6) is 0 Å². The molecular formula is C18H20FN7O. The first-order chi connectivity index (χ1) is 13.0. The predicted molar refractivity (Wildman–Crippen MR) is 97.6 cm³/mol. The minimum atomic E-state index is -0.373. The maximum atomic E-state index is 13.7. The number of hydrogen-bond acceptors (Lipinski definition) is 4. The topological polar surface area (TPSA) is 89.7 Å². The number of aromatic nitrogens is 5. The smallest absolute Gasteiger partial charge is 0.319 e. The lowest BCUT2D eigenvalue weighted by Crippen LogP contribution is -2.41. The molecule has 0 fully saturated rings. The molecule has 2 heterocycles. The Balaban J connectivity index is 1.47. The summed E-state index contributed by atoms with van der Waals surface area (Å²) in [6.45, 7) is 0. The molecule has 2 N–H and O–H groups in total. The van der Waals surface area contributed by atoms with Crippen LogP contribution in [-0.4, -0.2) is 36.8 Å². The fourth-order valence-corrected chi connectivity index (χ4v) is 3.42. The van der Waals surface area contributed by atoms with Crippen LogP contribution in [0.1, 0.15) is 17.8 Å². The van der Waals surface area contributed by atoms with E-state index >= 15 is 0 Å². The zero-order valence-electron chi connectivity index (χ0n) is 15.1. The van der Waals surface area contributed by atoms with Gasteiger partial charge >= 0.3 is 6.03 Å². The lowest BCUT2D eigenvalue weighted by molar-refractivity contribution is 0.247. The van der Waals surface area contributed by atoms with Gasteiger partial charge in [-0.15, -0.1) is 5.10 Å². The van der Waals surface area contributed by atoms with Gasteiger partial charge in [0.1, 0.15) is 5.82 Å². The molecule has 0 bridgehead atoms. The molecule has 1 aliphatic carbocycles. The van der Waals surface area contributed by atoms with Gasteiger partial charge in [0.2, 0.25) is 0 Å². The number of amides is 2. The first kappa shape index (κ1) is 17.2. The molecule has 27 heavy (non-hydrogen) atoms. The molecule has 1 aliphatic rings. The lowest BCUT2D eigenvalue weighted by Gasteiger charge is -2.23. The SMILES string of the molecule is Cn1cc(-c2cc(F)ccc2NC(=O)NC2CCc3c(nnn3C)C2)cn1. The Labute approximate surface area is 155 Å². The zero-order valence-corrected chi connectivity index (χ0v) is 15.1. The second kappa shape index (κ2) is 6.82. The number of fused-ring (bicyclic) bond motifs is 1. The molecule has 0 saturated carbocycles. The van der Waals surface area contributed by atoms with Gasteiger partial charge in [0.25, 0.3) is 0 Å². The molecule has 0 saturated heterocycles. The molecule has 2 amide bonds. The second-order valence-corrected chi connectivity index (χ2v) is 6.74. The highest BCUT2D eigenvalue weighted by molar-refractivity contribution is 5.94. The van der Waals surface area contributed by atoms with Crippen molar-refractivity contribution in [2.24, 2.45) is 14.1 Å². The summed E-state index contributed by atoms with van der Waals surface area (Å²) in [4.78, 5) is 12.5. The zero-order chi connectivity index (χ0) is 19.0. The molecule has 0 radical (unpaired) electrons. The summed E-state index contributed by atoms with van der Waals surface area (Å²) in [6.07, 6.45) is 5.69. The van der Waals surface area contributed by atoms with E-state index in [2.05, 4.69) is 26.0 Å². The standard InChI is InChI=1S/C18H20FN7O/c1-25-10-11(9-20-25)14-7-12(19)3-5-15(14)22-18(27)21-13-4-6-17-16(8-13)23-24-26(17)2/h3,5,7,9-10,13H,4,6,8H2,1-2H3,(H2,21,22,27).